The molecule has 1 amide bonds. The monoisotopic (exact) mass is 501 g/mol. The number of pyridine rings is 2. The Hall–Kier alpha value is -3.39. The zero-order valence-electron chi connectivity index (χ0n) is 21.8. The fraction of sp³-hybridized carbons (Fsp3) is 0.483. The van der Waals surface area contributed by atoms with Crippen LogP contribution >= 0.6 is 0 Å². The summed E-state index contributed by atoms with van der Waals surface area (Å²) in [7, 11) is 3.87. The summed E-state index contributed by atoms with van der Waals surface area (Å²) >= 11 is 0. The van der Waals surface area contributed by atoms with Gasteiger partial charge in [-0.25, -0.2) is 4.98 Å². The normalized spacial score (nSPS) is 18.4. The van der Waals surface area contributed by atoms with E-state index in [0.29, 0.717) is 19.1 Å². The molecule has 6 rings (SSSR count). The number of aromatic nitrogens is 2. The lowest BCUT2D eigenvalue weighted by atomic mass is 10.0. The van der Waals surface area contributed by atoms with Gasteiger partial charge in [0.1, 0.15) is 12.4 Å². The summed E-state index contributed by atoms with van der Waals surface area (Å²) in [4.78, 5) is 27.4. The third-order valence-electron chi connectivity index (χ3n) is 8.20. The molecule has 1 saturated carbocycles. The molecule has 0 N–H and O–H groups in total. The number of rotatable bonds is 8. The number of ether oxygens (including phenoxy) is 2. The number of anilines is 2. The lowest BCUT2D eigenvalue weighted by Crippen LogP contribution is -2.38. The molecule has 1 aromatic carbocycles. The van der Waals surface area contributed by atoms with Crippen LogP contribution in [0.3, 0.4) is 0 Å². The van der Waals surface area contributed by atoms with E-state index in [1.807, 2.05) is 24.4 Å². The average molecular weight is 502 g/mol. The van der Waals surface area contributed by atoms with E-state index in [4.69, 9.17) is 9.47 Å². The van der Waals surface area contributed by atoms with Gasteiger partial charge < -0.3 is 24.2 Å². The van der Waals surface area contributed by atoms with Crippen LogP contribution < -0.4 is 19.3 Å². The molecule has 8 heteroatoms. The highest BCUT2D eigenvalue weighted by atomic mass is 16.5. The Balaban J connectivity index is 1.27. The zero-order chi connectivity index (χ0) is 25.4. The zero-order valence-corrected chi connectivity index (χ0v) is 21.8. The molecule has 4 heterocycles. The Morgan fingerprint density at radius 1 is 1.11 bits per heavy atom. The standard InChI is InChI=1S/C29H35N5O3/c1-32(20-35)24-18-30-23-9-8-22(28-26(23)27(24)33(2)29(11-12-29)19-37-28)21-7-10-25(31-17-21)36-16-6-15-34-13-4-3-5-14-34/h7-10,17-18,20H,3-6,11-16,19H2,1-2H3. The highest BCUT2D eigenvalue weighted by Crippen LogP contribution is 2.53. The number of piperidine rings is 1. The molecule has 1 aliphatic carbocycles. The smallest absolute Gasteiger partial charge is 0.213 e. The van der Waals surface area contributed by atoms with Gasteiger partial charge in [0.15, 0.2) is 0 Å². The average Bonchev–Trinajstić information content (AvgIpc) is 3.75. The molecule has 194 valence electrons. The van der Waals surface area contributed by atoms with Crippen molar-refractivity contribution in [1.82, 2.24) is 14.9 Å². The number of hydrogen-bond acceptors (Lipinski definition) is 7. The Bertz CT molecular complexity index is 1280. The maximum atomic E-state index is 11.7. The SMILES string of the molecule is CN(C=O)c1cnc2ccc(-c3ccc(OCCCN4CCCCC4)nc3)c3c2c1N(C)C1(CC1)CO3. The van der Waals surface area contributed by atoms with E-state index in [1.165, 1.54) is 32.4 Å². The second-order valence-corrected chi connectivity index (χ2v) is 10.6. The summed E-state index contributed by atoms with van der Waals surface area (Å²) in [6.45, 7) is 4.78. The van der Waals surface area contributed by atoms with Crippen LogP contribution in [0.4, 0.5) is 11.4 Å². The Morgan fingerprint density at radius 3 is 2.68 bits per heavy atom. The predicted molar refractivity (Wildman–Crippen MR) is 146 cm³/mol. The fourth-order valence-electron chi connectivity index (χ4n) is 5.70. The first-order chi connectivity index (χ1) is 18.1. The first kappa shape index (κ1) is 24.0. The van der Waals surface area contributed by atoms with Gasteiger partial charge in [0.2, 0.25) is 12.3 Å². The van der Waals surface area contributed by atoms with Gasteiger partial charge in [-0.3, -0.25) is 9.78 Å². The third-order valence-corrected chi connectivity index (χ3v) is 8.20. The summed E-state index contributed by atoms with van der Waals surface area (Å²) in [5, 5.41) is 0.938. The fourth-order valence-corrected chi connectivity index (χ4v) is 5.70. The molecule has 2 aromatic heterocycles. The molecule has 3 aromatic rings. The molecule has 0 atom stereocenters. The molecule has 0 unspecified atom stereocenters. The van der Waals surface area contributed by atoms with Gasteiger partial charge >= 0.3 is 0 Å². The second-order valence-electron chi connectivity index (χ2n) is 10.6. The molecule has 8 nitrogen and oxygen atoms in total. The van der Waals surface area contributed by atoms with E-state index in [0.717, 1.165) is 71.4 Å². The van der Waals surface area contributed by atoms with Gasteiger partial charge in [0.05, 0.1) is 40.6 Å². The minimum absolute atomic E-state index is 0.0484. The van der Waals surface area contributed by atoms with Crippen LogP contribution in [0.2, 0.25) is 0 Å². The van der Waals surface area contributed by atoms with Crippen molar-refractivity contribution in [3.8, 4) is 22.8 Å². The van der Waals surface area contributed by atoms with Gasteiger partial charge in [-0.2, -0.15) is 0 Å². The number of carbonyl (C=O) groups excluding carboxylic acids is 1. The molecular formula is C29H35N5O3. The molecule has 2 fully saturated rings. The van der Waals surface area contributed by atoms with Crippen molar-refractivity contribution in [3.63, 3.8) is 0 Å². The highest BCUT2D eigenvalue weighted by molar-refractivity contribution is 6.07. The summed E-state index contributed by atoms with van der Waals surface area (Å²) in [6.07, 6.45) is 11.6. The highest BCUT2D eigenvalue weighted by Gasteiger charge is 2.50. The van der Waals surface area contributed by atoms with Crippen molar-refractivity contribution in [3.05, 3.63) is 36.7 Å². The number of hydrogen-bond donors (Lipinski definition) is 0. The largest absolute Gasteiger partial charge is 0.490 e. The van der Waals surface area contributed by atoms with Crippen molar-refractivity contribution < 1.29 is 14.3 Å². The van der Waals surface area contributed by atoms with Crippen LogP contribution in [-0.2, 0) is 4.79 Å². The maximum absolute atomic E-state index is 11.7. The number of likely N-dealkylation sites (N-methyl/N-ethyl adjacent to an activating group) is 1. The second kappa shape index (κ2) is 9.82. The number of amides is 1. The van der Waals surface area contributed by atoms with Gasteiger partial charge in [-0.05, 0) is 63.4 Å². The Morgan fingerprint density at radius 2 is 1.95 bits per heavy atom. The van der Waals surface area contributed by atoms with Crippen LogP contribution in [0.25, 0.3) is 22.0 Å². The van der Waals surface area contributed by atoms with E-state index >= 15 is 0 Å². The number of nitrogens with zero attached hydrogens (tertiary/aromatic N) is 5. The molecular weight excluding hydrogens is 466 g/mol. The van der Waals surface area contributed by atoms with Crippen LogP contribution in [0.1, 0.15) is 38.5 Å². The molecule has 37 heavy (non-hydrogen) atoms. The van der Waals surface area contributed by atoms with Gasteiger partial charge in [-0.15, -0.1) is 0 Å². The van der Waals surface area contributed by atoms with Crippen LogP contribution in [-0.4, -0.2) is 73.8 Å². The van der Waals surface area contributed by atoms with E-state index in [1.54, 1.807) is 18.1 Å². The van der Waals surface area contributed by atoms with E-state index in [2.05, 4.69) is 32.9 Å². The van der Waals surface area contributed by atoms with Crippen LogP contribution in [0.5, 0.6) is 11.6 Å². The van der Waals surface area contributed by atoms with Crippen molar-refractivity contribution in [2.75, 3.05) is 56.7 Å². The minimum Gasteiger partial charge on any atom is -0.490 e. The maximum Gasteiger partial charge on any atom is 0.213 e. The summed E-state index contributed by atoms with van der Waals surface area (Å²) in [6, 6.07) is 8.06. The van der Waals surface area contributed by atoms with Crippen molar-refractivity contribution in [2.24, 2.45) is 0 Å². The number of likely N-dealkylation sites (tertiary alicyclic amines) is 1. The molecule has 0 radical (unpaired) electrons. The quantitative estimate of drug-likeness (QED) is 0.332. The van der Waals surface area contributed by atoms with Crippen LogP contribution in [0, 0.1) is 0 Å². The Labute approximate surface area is 218 Å². The first-order valence-corrected chi connectivity index (χ1v) is 13.4. The van der Waals surface area contributed by atoms with E-state index in [-0.39, 0.29) is 5.54 Å². The summed E-state index contributed by atoms with van der Waals surface area (Å²) in [5.74, 6) is 1.44. The van der Waals surface area contributed by atoms with Gasteiger partial charge in [0.25, 0.3) is 0 Å². The Kier molecular flexibility index (Phi) is 6.36. The first-order valence-electron chi connectivity index (χ1n) is 13.4. The number of benzene rings is 1. The lowest BCUT2D eigenvalue weighted by molar-refractivity contribution is -0.107. The third kappa shape index (κ3) is 4.48. The van der Waals surface area contributed by atoms with E-state index < -0.39 is 0 Å². The molecule has 2 aliphatic heterocycles. The van der Waals surface area contributed by atoms with Crippen molar-refractivity contribution in [2.45, 2.75) is 44.1 Å². The van der Waals surface area contributed by atoms with Crippen molar-refractivity contribution in [1.29, 1.82) is 0 Å². The summed E-state index contributed by atoms with van der Waals surface area (Å²) in [5.41, 5.74) is 4.51. The topological polar surface area (TPSA) is 71.0 Å². The molecule has 0 bridgehead atoms. The lowest BCUT2D eigenvalue weighted by Gasteiger charge is -2.30. The summed E-state index contributed by atoms with van der Waals surface area (Å²) < 4.78 is 12.5. The van der Waals surface area contributed by atoms with Crippen molar-refractivity contribution >= 4 is 28.7 Å². The van der Waals surface area contributed by atoms with Gasteiger partial charge in [0, 0.05) is 44.0 Å². The van der Waals surface area contributed by atoms with Gasteiger partial charge in [-0.1, -0.05) is 6.42 Å². The predicted octanol–water partition coefficient (Wildman–Crippen LogP) is 4.51. The minimum atomic E-state index is -0.0484. The molecule has 1 saturated heterocycles. The molecule has 1 spiro atoms. The molecule has 3 aliphatic rings. The van der Waals surface area contributed by atoms with E-state index in [9.17, 15) is 4.79 Å². The van der Waals surface area contributed by atoms with Crippen LogP contribution in [0.15, 0.2) is 36.7 Å². The number of carbonyl (C=O) groups is 1.